The van der Waals surface area contributed by atoms with E-state index in [-0.39, 0.29) is 31.1 Å². The van der Waals surface area contributed by atoms with Gasteiger partial charge in [-0.15, -0.1) is 0 Å². The Hall–Kier alpha value is -2.11. The highest BCUT2D eigenvalue weighted by Crippen LogP contribution is 2.14. The monoisotopic (exact) mass is 719 g/mol. The lowest BCUT2D eigenvalue weighted by Crippen LogP contribution is -2.30. The summed E-state index contributed by atoms with van der Waals surface area (Å²) >= 11 is 0. The lowest BCUT2D eigenvalue weighted by atomic mass is 10.1. The topological polar surface area (TPSA) is 78.9 Å². The molecule has 0 aromatic rings. The molecule has 51 heavy (non-hydrogen) atoms. The molecular weight excluding hydrogens is 636 g/mol. The Morgan fingerprint density at radius 1 is 0.392 bits per heavy atom. The Balaban J connectivity index is 4.05. The molecule has 0 fully saturated rings. The maximum Gasteiger partial charge on any atom is 0.306 e. The average molecular weight is 719 g/mol. The minimum Gasteiger partial charge on any atom is -0.462 e. The van der Waals surface area contributed by atoms with Gasteiger partial charge in [0.15, 0.2) is 6.10 Å². The Morgan fingerprint density at radius 3 is 1.08 bits per heavy atom. The largest absolute Gasteiger partial charge is 0.462 e. The second-order valence-corrected chi connectivity index (χ2v) is 14.6. The van der Waals surface area contributed by atoms with Crippen LogP contribution >= 0.6 is 0 Å². The van der Waals surface area contributed by atoms with E-state index in [4.69, 9.17) is 14.2 Å². The van der Waals surface area contributed by atoms with Crippen LogP contribution in [0.15, 0.2) is 24.3 Å². The summed E-state index contributed by atoms with van der Waals surface area (Å²) < 4.78 is 16.5. The fraction of sp³-hybridized carbons (Fsp3) is 0.844. The van der Waals surface area contributed by atoms with E-state index in [0.29, 0.717) is 19.3 Å². The summed E-state index contributed by atoms with van der Waals surface area (Å²) in [5.41, 5.74) is 0. The predicted molar refractivity (Wildman–Crippen MR) is 215 cm³/mol. The first-order valence-electron chi connectivity index (χ1n) is 21.8. The molecule has 0 aromatic heterocycles. The van der Waals surface area contributed by atoms with E-state index in [0.717, 1.165) is 70.6 Å². The molecular formula is C45H82O6. The minimum atomic E-state index is -0.761. The molecule has 0 N–H and O–H groups in total. The molecule has 0 saturated heterocycles. The molecule has 0 bridgehead atoms. The molecule has 6 nitrogen and oxygen atoms in total. The summed E-state index contributed by atoms with van der Waals surface area (Å²) in [6.07, 6.45) is 43.5. The van der Waals surface area contributed by atoms with Gasteiger partial charge in [-0.25, -0.2) is 0 Å². The molecule has 1 unspecified atom stereocenters. The van der Waals surface area contributed by atoms with Crippen molar-refractivity contribution in [3.8, 4) is 0 Å². The number of unbranched alkanes of at least 4 members (excludes halogenated alkanes) is 24. The van der Waals surface area contributed by atoms with Gasteiger partial charge < -0.3 is 14.2 Å². The van der Waals surface area contributed by atoms with Crippen LogP contribution in [0.3, 0.4) is 0 Å². The number of esters is 3. The van der Waals surface area contributed by atoms with Crippen LogP contribution in [0.2, 0.25) is 0 Å². The number of allylic oxidation sites excluding steroid dienone is 4. The number of carbonyl (C=O) groups excluding carboxylic acids is 3. The van der Waals surface area contributed by atoms with Crippen molar-refractivity contribution in [2.24, 2.45) is 0 Å². The van der Waals surface area contributed by atoms with Gasteiger partial charge in [-0.3, -0.25) is 14.4 Å². The van der Waals surface area contributed by atoms with Crippen molar-refractivity contribution in [1.29, 1.82) is 0 Å². The Morgan fingerprint density at radius 2 is 0.706 bits per heavy atom. The van der Waals surface area contributed by atoms with Gasteiger partial charge in [-0.1, -0.05) is 180 Å². The first-order valence-corrected chi connectivity index (χ1v) is 21.8. The SMILES string of the molecule is CCCCCCC/C=C\C/C=C\CCCCCCCCCCCC(=O)OCC(COC(=O)CCCCCCC)OC(=O)CCCCCCCCC. The summed E-state index contributed by atoms with van der Waals surface area (Å²) in [5, 5.41) is 0. The lowest BCUT2D eigenvalue weighted by Gasteiger charge is -2.18. The van der Waals surface area contributed by atoms with Gasteiger partial charge in [0.1, 0.15) is 13.2 Å². The number of carbonyl (C=O) groups is 3. The van der Waals surface area contributed by atoms with Crippen LogP contribution in [0.25, 0.3) is 0 Å². The molecule has 0 amide bonds. The summed E-state index contributed by atoms with van der Waals surface area (Å²) in [6.45, 7) is 6.49. The summed E-state index contributed by atoms with van der Waals surface area (Å²) in [5.74, 6) is -0.895. The van der Waals surface area contributed by atoms with E-state index in [2.05, 4.69) is 45.1 Å². The Labute approximate surface area is 315 Å². The van der Waals surface area contributed by atoms with Gasteiger partial charge in [-0.05, 0) is 51.4 Å². The zero-order chi connectivity index (χ0) is 37.3. The van der Waals surface area contributed by atoms with Gasteiger partial charge in [0.05, 0.1) is 0 Å². The zero-order valence-electron chi connectivity index (χ0n) is 33.9. The fourth-order valence-electron chi connectivity index (χ4n) is 6.12. The maximum absolute atomic E-state index is 12.5. The normalized spacial score (nSPS) is 12.1. The molecule has 1 atom stereocenters. The van der Waals surface area contributed by atoms with Crippen molar-refractivity contribution in [3.05, 3.63) is 24.3 Å². The Bertz CT molecular complexity index is 835. The zero-order valence-corrected chi connectivity index (χ0v) is 33.9. The smallest absolute Gasteiger partial charge is 0.306 e. The van der Waals surface area contributed by atoms with Crippen LogP contribution in [-0.4, -0.2) is 37.2 Å². The second kappa shape index (κ2) is 40.7. The molecule has 0 radical (unpaired) electrons. The second-order valence-electron chi connectivity index (χ2n) is 14.6. The Kier molecular flexibility index (Phi) is 39.0. The molecule has 0 aromatic carbocycles. The first kappa shape index (κ1) is 48.9. The molecule has 0 aliphatic rings. The minimum absolute atomic E-state index is 0.0719. The number of ether oxygens (including phenoxy) is 3. The summed E-state index contributed by atoms with van der Waals surface area (Å²) in [4.78, 5) is 37.2. The summed E-state index contributed by atoms with van der Waals surface area (Å²) in [6, 6.07) is 0. The van der Waals surface area contributed by atoms with E-state index in [1.807, 2.05) is 0 Å². The van der Waals surface area contributed by atoms with Gasteiger partial charge in [0.2, 0.25) is 0 Å². The van der Waals surface area contributed by atoms with Crippen LogP contribution in [0.5, 0.6) is 0 Å². The van der Waals surface area contributed by atoms with Crippen LogP contribution in [0, 0.1) is 0 Å². The molecule has 0 heterocycles. The predicted octanol–water partition coefficient (Wildman–Crippen LogP) is 13.6. The van der Waals surface area contributed by atoms with E-state index in [9.17, 15) is 14.4 Å². The van der Waals surface area contributed by atoms with E-state index in [1.54, 1.807) is 0 Å². The number of hydrogen-bond acceptors (Lipinski definition) is 6. The highest BCUT2D eigenvalue weighted by Gasteiger charge is 2.19. The standard InChI is InChI=1S/C45H82O6/c1-4-7-10-13-15-16-17-18-19-20-21-22-23-24-25-26-27-28-30-32-35-38-44(47)50-41-42(40-49-43(46)37-34-31-12-9-6-3)51-45(48)39-36-33-29-14-11-8-5-2/h17-18,20-21,42H,4-16,19,22-41H2,1-3H3/b18-17-,21-20-. The molecule has 0 saturated carbocycles. The first-order chi connectivity index (χ1) is 25.0. The quantitative estimate of drug-likeness (QED) is 0.0272. The summed E-state index contributed by atoms with van der Waals surface area (Å²) in [7, 11) is 0. The third kappa shape index (κ3) is 38.9. The van der Waals surface area contributed by atoms with E-state index in [1.165, 1.54) is 116 Å². The van der Waals surface area contributed by atoms with Crippen molar-refractivity contribution in [2.75, 3.05) is 13.2 Å². The number of hydrogen-bond donors (Lipinski definition) is 0. The van der Waals surface area contributed by atoms with Crippen molar-refractivity contribution in [2.45, 2.75) is 232 Å². The molecule has 0 spiro atoms. The van der Waals surface area contributed by atoms with Gasteiger partial charge >= 0.3 is 17.9 Å². The maximum atomic E-state index is 12.5. The third-order valence-corrected chi connectivity index (χ3v) is 9.46. The van der Waals surface area contributed by atoms with Crippen LogP contribution in [0.1, 0.15) is 226 Å². The molecule has 0 aliphatic carbocycles. The third-order valence-electron chi connectivity index (χ3n) is 9.46. The van der Waals surface area contributed by atoms with Crippen molar-refractivity contribution in [1.82, 2.24) is 0 Å². The highest BCUT2D eigenvalue weighted by molar-refractivity contribution is 5.71. The van der Waals surface area contributed by atoms with Gasteiger partial charge in [-0.2, -0.15) is 0 Å². The van der Waals surface area contributed by atoms with E-state index >= 15 is 0 Å². The van der Waals surface area contributed by atoms with Gasteiger partial charge in [0, 0.05) is 19.3 Å². The van der Waals surface area contributed by atoms with Gasteiger partial charge in [0.25, 0.3) is 0 Å². The van der Waals surface area contributed by atoms with Crippen molar-refractivity contribution in [3.63, 3.8) is 0 Å². The van der Waals surface area contributed by atoms with Crippen LogP contribution in [0.4, 0.5) is 0 Å². The lowest BCUT2D eigenvalue weighted by molar-refractivity contribution is -0.167. The average Bonchev–Trinajstić information content (AvgIpc) is 3.12. The van der Waals surface area contributed by atoms with Crippen molar-refractivity contribution >= 4 is 17.9 Å². The molecule has 0 aliphatic heterocycles. The number of rotatable bonds is 39. The van der Waals surface area contributed by atoms with Crippen LogP contribution < -0.4 is 0 Å². The van der Waals surface area contributed by atoms with Crippen molar-refractivity contribution < 1.29 is 28.6 Å². The molecule has 6 heteroatoms. The molecule has 0 rings (SSSR count). The highest BCUT2D eigenvalue weighted by atomic mass is 16.6. The molecule has 298 valence electrons. The van der Waals surface area contributed by atoms with E-state index < -0.39 is 6.10 Å². The van der Waals surface area contributed by atoms with Crippen LogP contribution in [-0.2, 0) is 28.6 Å². The fourth-order valence-corrected chi connectivity index (χ4v) is 6.12.